The van der Waals surface area contributed by atoms with E-state index in [0.29, 0.717) is 5.75 Å². The number of anilines is 1. The van der Waals surface area contributed by atoms with Crippen LogP contribution in [0.4, 0.5) is 5.69 Å². The summed E-state index contributed by atoms with van der Waals surface area (Å²) in [5, 5.41) is 11.8. The lowest BCUT2D eigenvalue weighted by Gasteiger charge is -2.07. The number of carbonyl (C=O) groups is 1. The van der Waals surface area contributed by atoms with Gasteiger partial charge in [0.2, 0.25) is 5.91 Å². The number of hydrogen-bond acceptors (Lipinski definition) is 6. The number of nitrogens with zero attached hydrogens (tertiary/aromatic N) is 2. The molecule has 3 rings (SSSR count). The summed E-state index contributed by atoms with van der Waals surface area (Å²) >= 11 is 4.62. The average Bonchev–Trinajstić information content (AvgIpc) is 3.04. The quantitative estimate of drug-likeness (QED) is 0.565. The first kappa shape index (κ1) is 18.9. The fourth-order valence-electron chi connectivity index (χ4n) is 2.18. The number of aromatic nitrogens is 2. The van der Waals surface area contributed by atoms with Crippen molar-refractivity contribution in [2.24, 2.45) is 0 Å². The maximum Gasteiger partial charge on any atom is 0.234 e. The molecule has 1 amide bonds. The Balaban J connectivity index is 1.53. The first-order chi connectivity index (χ1) is 12.5. The molecule has 0 unspecified atom stereocenters. The van der Waals surface area contributed by atoms with E-state index >= 15 is 0 Å². The normalized spacial score (nSPS) is 10.7. The Hall–Kier alpha value is -1.83. The summed E-state index contributed by atoms with van der Waals surface area (Å²) in [6, 6.07) is 14.4. The van der Waals surface area contributed by atoms with Crippen molar-refractivity contribution in [2.45, 2.75) is 34.9 Å². The molecule has 7 heteroatoms. The van der Waals surface area contributed by atoms with Crippen LogP contribution < -0.4 is 5.32 Å². The summed E-state index contributed by atoms with van der Waals surface area (Å²) in [6.45, 7) is 6.14. The molecular weight excluding hydrogens is 382 g/mol. The van der Waals surface area contributed by atoms with Gasteiger partial charge in [-0.1, -0.05) is 40.9 Å². The zero-order chi connectivity index (χ0) is 18.5. The number of aryl methyl sites for hydroxylation is 3. The van der Waals surface area contributed by atoms with Gasteiger partial charge in [0.15, 0.2) is 4.34 Å². The van der Waals surface area contributed by atoms with Gasteiger partial charge in [0.25, 0.3) is 0 Å². The summed E-state index contributed by atoms with van der Waals surface area (Å²) in [6.07, 6.45) is 0. The molecule has 0 spiro atoms. The van der Waals surface area contributed by atoms with Crippen molar-refractivity contribution in [1.29, 1.82) is 0 Å². The first-order valence-corrected chi connectivity index (χ1v) is 10.7. The SMILES string of the molecule is Cc1nnc(SCC(=O)Nc2ccc(Sc3ccc(C)c(C)c3)cc2)s1. The summed E-state index contributed by atoms with van der Waals surface area (Å²) in [7, 11) is 0. The zero-order valence-electron chi connectivity index (χ0n) is 14.8. The topological polar surface area (TPSA) is 54.9 Å². The van der Waals surface area contributed by atoms with Crippen LogP contribution in [0.3, 0.4) is 0 Å². The molecule has 0 fully saturated rings. The van der Waals surface area contributed by atoms with Crippen LogP contribution >= 0.6 is 34.9 Å². The van der Waals surface area contributed by atoms with Crippen LogP contribution in [0.25, 0.3) is 0 Å². The molecule has 3 aromatic rings. The third kappa shape index (κ3) is 5.33. The molecule has 0 aliphatic rings. The minimum atomic E-state index is -0.0441. The first-order valence-electron chi connectivity index (χ1n) is 8.07. The van der Waals surface area contributed by atoms with Crippen LogP contribution in [0.5, 0.6) is 0 Å². The van der Waals surface area contributed by atoms with Crippen LogP contribution in [0.2, 0.25) is 0 Å². The highest BCUT2D eigenvalue weighted by atomic mass is 32.2. The largest absolute Gasteiger partial charge is 0.325 e. The highest BCUT2D eigenvalue weighted by Gasteiger charge is 2.07. The molecule has 1 N–H and O–H groups in total. The van der Waals surface area contributed by atoms with Gasteiger partial charge < -0.3 is 5.32 Å². The maximum absolute atomic E-state index is 12.1. The number of carbonyl (C=O) groups excluding carboxylic acids is 1. The van der Waals surface area contributed by atoms with E-state index in [2.05, 4.69) is 47.6 Å². The monoisotopic (exact) mass is 401 g/mol. The molecule has 134 valence electrons. The predicted octanol–water partition coefficient (Wildman–Crippen LogP) is 5.35. The molecule has 0 saturated carbocycles. The van der Waals surface area contributed by atoms with Gasteiger partial charge >= 0.3 is 0 Å². The van der Waals surface area contributed by atoms with Crippen LogP contribution in [-0.4, -0.2) is 21.9 Å². The van der Waals surface area contributed by atoms with Crippen molar-refractivity contribution in [3.05, 3.63) is 58.6 Å². The molecule has 0 atom stereocenters. The zero-order valence-corrected chi connectivity index (χ0v) is 17.2. The lowest BCUT2D eigenvalue weighted by atomic mass is 10.1. The number of hydrogen-bond donors (Lipinski definition) is 1. The van der Waals surface area contributed by atoms with Gasteiger partial charge in [-0.25, -0.2) is 0 Å². The van der Waals surface area contributed by atoms with Crippen LogP contribution in [0.1, 0.15) is 16.1 Å². The number of rotatable bonds is 6. The smallest absolute Gasteiger partial charge is 0.234 e. The maximum atomic E-state index is 12.1. The second-order valence-corrected chi connectivity index (χ2v) is 9.35. The fourth-order valence-corrected chi connectivity index (χ4v) is 4.71. The standard InChI is InChI=1S/C19H19N3OS3/c1-12-4-7-17(10-13(12)2)26-16-8-5-15(6-9-16)20-18(23)11-24-19-22-21-14(3)25-19/h4-10H,11H2,1-3H3,(H,20,23). The van der Waals surface area contributed by atoms with Crippen LogP contribution in [-0.2, 0) is 4.79 Å². The van der Waals surface area contributed by atoms with E-state index in [0.717, 1.165) is 19.9 Å². The molecule has 1 aromatic heterocycles. The highest BCUT2D eigenvalue weighted by molar-refractivity contribution is 8.01. The van der Waals surface area contributed by atoms with Crippen molar-refractivity contribution < 1.29 is 4.79 Å². The Morgan fingerprint density at radius 3 is 2.38 bits per heavy atom. The van der Waals surface area contributed by atoms with E-state index in [1.165, 1.54) is 39.1 Å². The van der Waals surface area contributed by atoms with Crippen molar-refractivity contribution in [3.63, 3.8) is 0 Å². The highest BCUT2D eigenvalue weighted by Crippen LogP contribution is 2.30. The van der Waals surface area contributed by atoms with Crippen molar-refractivity contribution in [3.8, 4) is 0 Å². The van der Waals surface area contributed by atoms with Crippen molar-refractivity contribution in [1.82, 2.24) is 10.2 Å². The molecule has 0 aliphatic carbocycles. The van der Waals surface area contributed by atoms with Crippen LogP contribution in [0, 0.1) is 20.8 Å². The third-order valence-electron chi connectivity index (χ3n) is 3.69. The molecule has 0 aliphatic heterocycles. The van der Waals surface area contributed by atoms with E-state index in [1.54, 1.807) is 11.8 Å². The Labute approximate surface area is 165 Å². The average molecular weight is 402 g/mol. The van der Waals surface area contributed by atoms with Crippen molar-refractivity contribution in [2.75, 3.05) is 11.1 Å². The molecule has 0 radical (unpaired) electrons. The lowest BCUT2D eigenvalue weighted by molar-refractivity contribution is -0.113. The minimum absolute atomic E-state index is 0.0441. The van der Waals surface area contributed by atoms with E-state index in [1.807, 2.05) is 31.2 Å². The molecule has 2 aromatic carbocycles. The number of thioether (sulfide) groups is 1. The van der Waals surface area contributed by atoms with Gasteiger partial charge in [-0.2, -0.15) is 0 Å². The summed E-state index contributed by atoms with van der Waals surface area (Å²) in [4.78, 5) is 14.4. The lowest BCUT2D eigenvalue weighted by Crippen LogP contribution is -2.13. The Bertz CT molecular complexity index is 907. The number of amides is 1. The van der Waals surface area contributed by atoms with Gasteiger partial charge in [-0.3, -0.25) is 4.79 Å². The Morgan fingerprint density at radius 1 is 1.00 bits per heavy atom. The van der Waals surface area contributed by atoms with Gasteiger partial charge in [-0.15, -0.1) is 10.2 Å². The Kier molecular flexibility index (Phi) is 6.34. The molecule has 1 heterocycles. The van der Waals surface area contributed by atoms with E-state index < -0.39 is 0 Å². The molecule has 0 saturated heterocycles. The number of nitrogens with one attached hydrogen (secondary N) is 1. The summed E-state index contributed by atoms with van der Waals surface area (Å²) in [5.41, 5.74) is 3.39. The van der Waals surface area contributed by atoms with Crippen LogP contribution in [0.15, 0.2) is 56.6 Å². The second kappa shape index (κ2) is 8.70. The predicted molar refractivity (Wildman–Crippen MR) is 110 cm³/mol. The fraction of sp³-hybridized carbons (Fsp3) is 0.211. The summed E-state index contributed by atoms with van der Waals surface area (Å²) in [5.74, 6) is 0.283. The van der Waals surface area contributed by atoms with E-state index in [9.17, 15) is 4.79 Å². The van der Waals surface area contributed by atoms with Gasteiger partial charge in [0.1, 0.15) is 5.01 Å². The van der Waals surface area contributed by atoms with Gasteiger partial charge in [0, 0.05) is 15.5 Å². The van der Waals surface area contributed by atoms with E-state index in [4.69, 9.17) is 0 Å². The second-order valence-electron chi connectivity index (χ2n) is 5.80. The Morgan fingerprint density at radius 2 is 1.73 bits per heavy atom. The van der Waals surface area contributed by atoms with Gasteiger partial charge in [0.05, 0.1) is 5.75 Å². The molecule has 26 heavy (non-hydrogen) atoms. The van der Waals surface area contributed by atoms with Gasteiger partial charge in [-0.05, 0) is 68.3 Å². The molecule has 0 bridgehead atoms. The third-order valence-corrected chi connectivity index (χ3v) is 6.66. The summed E-state index contributed by atoms with van der Waals surface area (Å²) < 4.78 is 0.817. The molecule has 4 nitrogen and oxygen atoms in total. The molecular formula is C19H19N3OS3. The van der Waals surface area contributed by atoms with Crippen molar-refractivity contribution >= 4 is 46.5 Å². The van der Waals surface area contributed by atoms with E-state index in [-0.39, 0.29) is 5.91 Å². The minimum Gasteiger partial charge on any atom is -0.325 e. The number of benzene rings is 2.